The average molecular weight is 418 g/mol. The Hall–Kier alpha value is -0.210. The van der Waals surface area contributed by atoms with E-state index in [1.54, 1.807) is 0 Å². The van der Waals surface area contributed by atoms with Crippen molar-refractivity contribution in [3.63, 3.8) is 0 Å². The molecule has 0 aromatic heterocycles. The van der Waals surface area contributed by atoms with Gasteiger partial charge in [-0.15, -0.1) is 0 Å². The standard InChI is InChI=1S/C28H49O2/c1-6-8-9-10-18(3)21-11-12-22-25-23(14-16-27(21,22)4)28(5)15-13-19(29)17-24(28)20(7-2)26(25)30/h6,18-26,29-30H,7-17H2,1-5H3/q+1. The lowest BCUT2D eigenvalue weighted by atomic mass is 9.41. The zero-order chi connectivity index (χ0) is 21.7. The predicted octanol–water partition coefficient (Wildman–Crippen LogP) is 6.64. The van der Waals surface area contributed by atoms with Crippen LogP contribution in [0.1, 0.15) is 105 Å². The number of rotatable bonds is 6. The van der Waals surface area contributed by atoms with Crippen LogP contribution in [0.25, 0.3) is 0 Å². The molecule has 0 saturated heterocycles. The molecule has 0 radical (unpaired) electrons. The van der Waals surface area contributed by atoms with Crippen LogP contribution in [-0.2, 0) is 0 Å². The Kier molecular flexibility index (Phi) is 6.60. The third-order valence-corrected chi connectivity index (χ3v) is 11.3. The van der Waals surface area contributed by atoms with E-state index in [2.05, 4.69) is 41.0 Å². The van der Waals surface area contributed by atoms with Gasteiger partial charge >= 0.3 is 0 Å². The molecule has 2 N–H and O–H groups in total. The van der Waals surface area contributed by atoms with Gasteiger partial charge in [0, 0.05) is 0 Å². The van der Waals surface area contributed by atoms with Gasteiger partial charge in [0.1, 0.15) is 0 Å². The van der Waals surface area contributed by atoms with E-state index in [1.807, 2.05) is 0 Å². The first-order chi connectivity index (χ1) is 14.3. The SMILES string of the molecule is C[CH+]CCCC(C)C1CCC2C3C(O)C(CC)C4CC(O)CCC4(C)C3CCC12C. The fourth-order valence-corrected chi connectivity index (χ4v) is 9.78. The summed E-state index contributed by atoms with van der Waals surface area (Å²) in [6.45, 7) is 12.1. The molecule has 0 aliphatic heterocycles. The molecule has 30 heavy (non-hydrogen) atoms. The van der Waals surface area contributed by atoms with Crippen molar-refractivity contribution in [1.82, 2.24) is 0 Å². The highest BCUT2D eigenvalue weighted by Crippen LogP contribution is 2.69. The van der Waals surface area contributed by atoms with Gasteiger partial charge in [0.05, 0.1) is 32.0 Å². The summed E-state index contributed by atoms with van der Waals surface area (Å²) in [4.78, 5) is 0. The minimum Gasteiger partial charge on any atom is -0.393 e. The van der Waals surface area contributed by atoms with E-state index in [9.17, 15) is 10.2 Å². The summed E-state index contributed by atoms with van der Waals surface area (Å²) < 4.78 is 0. The highest BCUT2D eigenvalue weighted by molar-refractivity contribution is 5.13. The molecule has 4 rings (SSSR count). The number of hydrogen-bond donors (Lipinski definition) is 2. The molecule has 0 aromatic carbocycles. The lowest BCUT2D eigenvalue weighted by Gasteiger charge is -2.64. The Balaban J connectivity index is 1.59. The average Bonchev–Trinajstić information content (AvgIpc) is 3.07. The summed E-state index contributed by atoms with van der Waals surface area (Å²) in [7, 11) is 0. The van der Waals surface area contributed by atoms with Crippen molar-refractivity contribution in [3.8, 4) is 0 Å². The maximum Gasteiger partial charge on any atom is 0.0872 e. The molecular formula is C28H49O2+. The molecule has 4 aliphatic carbocycles. The largest absolute Gasteiger partial charge is 0.393 e. The molecule has 0 aromatic rings. The second-order valence-electron chi connectivity index (χ2n) is 12.4. The van der Waals surface area contributed by atoms with Crippen molar-refractivity contribution in [1.29, 1.82) is 0 Å². The van der Waals surface area contributed by atoms with Crippen LogP contribution in [0.5, 0.6) is 0 Å². The van der Waals surface area contributed by atoms with E-state index in [1.165, 1.54) is 51.4 Å². The summed E-state index contributed by atoms with van der Waals surface area (Å²) in [5.41, 5.74) is 0.749. The molecule has 0 spiro atoms. The van der Waals surface area contributed by atoms with Gasteiger partial charge in [-0.3, -0.25) is 0 Å². The molecule has 2 heteroatoms. The number of fused-ring (bicyclic) bond motifs is 5. The van der Waals surface area contributed by atoms with Gasteiger partial charge in [-0.25, -0.2) is 0 Å². The van der Waals surface area contributed by atoms with Crippen molar-refractivity contribution in [2.45, 2.75) is 117 Å². The number of aliphatic hydroxyl groups excluding tert-OH is 2. The fourth-order valence-electron chi connectivity index (χ4n) is 9.78. The molecule has 4 saturated carbocycles. The van der Waals surface area contributed by atoms with Gasteiger partial charge in [-0.1, -0.05) is 34.1 Å². The molecular weight excluding hydrogens is 368 g/mol. The Labute approximate surface area is 186 Å². The number of hydrogen-bond acceptors (Lipinski definition) is 2. The first-order valence-electron chi connectivity index (χ1n) is 13.4. The fraction of sp³-hybridized carbons (Fsp3) is 0.964. The summed E-state index contributed by atoms with van der Waals surface area (Å²) >= 11 is 0. The molecule has 2 nitrogen and oxygen atoms in total. The van der Waals surface area contributed by atoms with Gasteiger partial charge in [-0.2, -0.15) is 0 Å². The minimum absolute atomic E-state index is 0.146. The molecule has 0 amide bonds. The second-order valence-corrected chi connectivity index (χ2v) is 12.4. The summed E-state index contributed by atoms with van der Waals surface area (Å²) in [6.07, 6.45) is 15.5. The lowest BCUT2D eigenvalue weighted by Crippen LogP contribution is -2.62. The van der Waals surface area contributed by atoms with E-state index >= 15 is 0 Å². The first-order valence-corrected chi connectivity index (χ1v) is 13.4. The van der Waals surface area contributed by atoms with E-state index in [4.69, 9.17) is 0 Å². The Morgan fingerprint density at radius 2 is 1.67 bits per heavy atom. The maximum absolute atomic E-state index is 11.8. The summed E-state index contributed by atoms with van der Waals surface area (Å²) in [5, 5.41) is 22.2. The molecule has 172 valence electrons. The Bertz CT molecular complexity index is 589. The van der Waals surface area contributed by atoms with Gasteiger partial charge in [-0.05, 0) is 110 Å². The van der Waals surface area contributed by atoms with Crippen molar-refractivity contribution < 1.29 is 10.2 Å². The lowest BCUT2D eigenvalue weighted by molar-refractivity contribution is -0.203. The van der Waals surface area contributed by atoms with Crippen LogP contribution in [0.15, 0.2) is 0 Å². The maximum atomic E-state index is 11.8. The van der Waals surface area contributed by atoms with Crippen LogP contribution >= 0.6 is 0 Å². The zero-order valence-corrected chi connectivity index (χ0v) is 20.4. The van der Waals surface area contributed by atoms with Crippen molar-refractivity contribution in [2.75, 3.05) is 0 Å². The smallest absolute Gasteiger partial charge is 0.0872 e. The summed E-state index contributed by atoms with van der Waals surface area (Å²) in [6, 6.07) is 0. The normalized spacial score (nSPS) is 51.6. The van der Waals surface area contributed by atoms with Gasteiger partial charge < -0.3 is 10.2 Å². The molecule has 0 bridgehead atoms. The van der Waals surface area contributed by atoms with Crippen LogP contribution in [0.3, 0.4) is 0 Å². The van der Waals surface area contributed by atoms with E-state index in [-0.39, 0.29) is 12.2 Å². The third-order valence-electron chi connectivity index (χ3n) is 11.3. The van der Waals surface area contributed by atoms with Gasteiger partial charge in [0.15, 0.2) is 0 Å². The molecule has 0 heterocycles. The summed E-state index contributed by atoms with van der Waals surface area (Å²) in [5.74, 6) is 4.40. The molecule has 4 aliphatic rings. The quantitative estimate of drug-likeness (QED) is 0.375. The third kappa shape index (κ3) is 3.47. The number of unbranched alkanes of at least 4 members (excludes halogenated alkanes) is 2. The van der Waals surface area contributed by atoms with Crippen molar-refractivity contribution in [2.24, 2.45) is 52.3 Å². The molecule has 11 atom stereocenters. The minimum atomic E-state index is -0.156. The van der Waals surface area contributed by atoms with E-state index in [0.29, 0.717) is 40.4 Å². The highest BCUT2D eigenvalue weighted by atomic mass is 16.3. The Morgan fingerprint density at radius 1 is 0.967 bits per heavy atom. The zero-order valence-electron chi connectivity index (χ0n) is 20.4. The van der Waals surface area contributed by atoms with Gasteiger partial charge in [0.2, 0.25) is 0 Å². The van der Waals surface area contributed by atoms with Crippen molar-refractivity contribution >= 4 is 0 Å². The topological polar surface area (TPSA) is 40.5 Å². The van der Waals surface area contributed by atoms with E-state index in [0.717, 1.165) is 31.1 Å². The van der Waals surface area contributed by atoms with Crippen LogP contribution in [0.2, 0.25) is 0 Å². The highest BCUT2D eigenvalue weighted by Gasteiger charge is 2.64. The number of aliphatic hydroxyl groups is 2. The van der Waals surface area contributed by atoms with Crippen molar-refractivity contribution in [3.05, 3.63) is 6.42 Å². The van der Waals surface area contributed by atoms with Crippen LogP contribution in [-0.4, -0.2) is 22.4 Å². The van der Waals surface area contributed by atoms with Crippen LogP contribution in [0.4, 0.5) is 0 Å². The monoisotopic (exact) mass is 417 g/mol. The molecule has 4 fully saturated rings. The first kappa shape index (κ1) is 23.0. The van der Waals surface area contributed by atoms with E-state index < -0.39 is 0 Å². The molecule has 11 unspecified atom stereocenters. The second kappa shape index (κ2) is 8.62. The van der Waals surface area contributed by atoms with Gasteiger partial charge in [0.25, 0.3) is 0 Å². The van der Waals surface area contributed by atoms with Crippen LogP contribution < -0.4 is 0 Å². The Morgan fingerprint density at radius 3 is 2.37 bits per heavy atom. The predicted molar refractivity (Wildman–Crippen MR) is 125 cm³/mol. The van der Waals surface area contributed by atoms with Crippen LogP contribution in [0, 0.1) is 58.7 Å².